The number of carbonyl (C=O) groups excluding carboxylic acids is 6. The Balaban J connectivity index is 1.02. The molecule has 5 amide bonds. The molecule has 0 radical (unpaired) electrons. The molecule has 2 aliphatic rings. The lowest BCUT2D eigenvalue weighted by Gasteiger charge is -2.29. The van der Waals surface area contributed by atoms with Gasteiger partial charge < -0.3 is 37.2 Å². The molecule has 0 spiro atoms. The van der Waals surface area contributed by atoms with Gasteiger partial charge >= 0.3 is 0 Å². The Kier molecular flexibility index (Phi) is 15.7. The summed E-state index contributed by atoms with van der Waals surface area (Å²) in [6.45, 7) is 5.44. The normalized spacial score (nSPS) is 20.1. The van der Waals surface area contributed by atoms with E-state index in [2.05, 4.69) is 20.6 Å². The molecular formula is C55H48N12O8S6. The number of rotatable bonds is 8. The minimum absolute atomic E-state index is 0.00233. The summed E-state index contributed by atoms with van der Waals surface area (Å²) >= 11 is 7.12. The lowest BCUT2D eigenvalue weighted by atomic mass is 9.90. The molecule has 9 aromatic rings. The molecule has 8 N–H and O–H groups in total. The second kappa shape index (κ2) is 23.0. The van der Waals surface area contributed by atoms with Crippen molar-refractivity contribution in [1.82, 2.24) is 50.4 Å². The molecule has 81 heavy (non-hydrogen) atoms. The van der Waals surface area contributed by atoms with E-state index in [0.29, 0.717) is 58.8 Å². The summed E-state index contributed by atoms with van der Waals surface area (Å²) in [5, 5.41) is 39.9. The van der Waals surface area contributed by atoms with Gasteiger partial charge in [0, 0.05) is 68.6 Å². The van der Waals surface area contributed by atoms with Gasteiger partial charge in [0.25, 0.3) is 17.7 Å². The number of benzene rings is 2. The fourth-order valence-corrected chi connectivity index (χ4v) is 15.1. The number of aryl methyl sites for hydroxylation is 2. The molecule has 0 unspecified atom stereocenters. The molecule has 10 bridgehead atoms. The maximum atomic E-state index is 15.2. The van der Waals surface area contributed by atoms with Gasteiger partial charge in [-0.2, -0.15) is 0 Å². The first-order valence-electron chi connectivity index (χ1n) is 25.2. The number of ketones is 1. The van der Waals surface area contributed by atoms with Crippen LogP contribution in [0.4, 0.5) is 0 Å². The largest absolute Gasteiger partial charge is 0.391 e. The van der Waals surface area contributed by atoms with Crippen LogP contribution in [-0.4, -0.2) is 104 Å². The van der Waals surface area contributed by atoms with Gasteiger partial charge in [0.2, 0.25) is 11.8 Å². The van der Waals surface area contributed by atoms with Crippen molar-refractivity contribution in [3.8, 4) is 43.4 Å². The highest BCUT2D eigenvalue weighted by Crippen LogP contribution is 2.43. The van der Waals surface area contributed by atoms with E-state index in [-0.39, 0.29) is 58.6 Å². The van der Waals surface area contributed by atoms with Gasteiger partial charge in [0.15, 0.2) is 5.78 Å². The molecule has 20 nitrogen and oxygen atoms in total. The van der Waals surface area contributed by atoms with Crippen LogP contribution in [-0.2, 0) is 16.0 Å². The van der Waals surface area contributed by atoms with Crippen LogP contribution in [0.25, 0.3) is 43.4 Å². The Morgan fingerprint density at radius 1 is 0.679 bits per heavy atom. The number of hydrogen-bond donors (Lipinski definition) is 6. The zero-order valence-corrected chi connectivity index (χ0v) is 48.0. The van der Waals surface area contributed by atoms with E-state index < -0.39 is 77.5 Å². The minimum atomic E-state index is -1.27. The van der Waals surface area contributed by atoms with Gasteiger partial charge in [-0.3, -0.25) is 28.8 Å². The van der Waals surface area contributed by atoms with Crippen molar-refractivity contribution in [3.63, 3.8) is 0 Å². The molecule has 412 valence electrons. The van der Waals surface area contributed by atoms with Crippen molar-refractivity contribution in [1.29, 1.82) is 0 Å². The Morgan fingerprint density at radius 3 is 2.06 bits per heavy atom. The van der Waals surface area contributed by atoms with Crippen LogP contribution >= 0.6 is 68.0 Å². The number of thiazole rings is 6. The molecule has 26 heteroatoms. The molecule has 0 aliphatic carbocycles. The third kappa shape index (κ3) is 11.5. The highest BCUT2D eigenvalue weighted by molar-refractivity contribution is 7.15. The average molecular weight is 1200 g/mol. The van der Waals surface area contributed by atoms with E-state index >= 15 is 4.79 Å². The number of aliphatic hydroxyl groups is 2. The van der Waals surface area contributed by atoms with E-state index in [0.717, 1.165) is 45.1 Å². The molecule has 1 fully saturated rings. The highest BCUT2D eigenvalue weighted by atomic mass is 32.1. The number of nitrogens with two attached hydrogens (primary N) is 2. The summed E-state index contributed by atoms with van der Waals surface area (Å²) < 4.78 is 0. The summed E-state index contributed by atoms with van der Waals surface area (Å²) in [7, 11) is 0. The zero-order valence-electron chi connectivity index (χ0n) is 43.1. The number of aromatic nitrogens is 7. The number of Topliss-reactive ketones (excluding diaryl/α,β-unsaturated/α-hetero) is 1. The number of nitrogens with one attached hydrogen (secondary N) is 2. The quantitative estimate of drug-likeness (QED) is 0.0843. The third-order valence-corrected chi connectivity index (χ3v) is 19.5. The Labute approximate surface area is 486 Å². The van der Waals surface area contributed by atoms with Gasteiger partial charge in [-0.15, -0.1) is 68.0 Å². The molecule has 9 heterocycles. The van der Waals surface area contributed by atoms with Gasteiger partial charge in [-0.05, 0) is 37.1 Å². The number of nitrogens with zero attached hydrogens (tertiary/aromatic N) is 8. The van der Waals surface area contributed by atoms with E-state index in [1.54, 1.807) is 65.0 Å². The number of pyridine rings is 1. The topological polar surface area (TPSA) is 312 Å². The van der Waals surface area contributed by atoms with Crippen molar-refractivity contribution in [2.24, 2.45) is 17.4 Å². The van der Waals surface area contributed by atoms with Crippen LogP contribution in [0.3, 0.4) is 0 Å². The zero-order chi connectivity index (χ0) is 56.8. The van der Waals surface area contributed by atoms with E-state index in [9.17, 15) is 34.2 Å². The summed E-state index contributed by atoms with van der Waals surface area (Å²) in [6.07, 6.45) is -2.79. The average Bonchev–Trinajstić information content (AvgIpc) is 4.47. The van der Waals surface area contributed by atoms with Gasteiger partial charge in [-0.1, -0.05) is 67.1 Å². The number of hydrogen-bond acceptors (Lipinski definition) is 21. The first kappa shape index (κ1) is 55.2. The number of primary amides is 2. The number of aliphatic hydroxyl groups excluding tert-OH is 2. The highest BCUT2D eigenvalue weighted by Gasteiger charge is 2.45. The second-order valence-electron chi connectivity index (χ2n) is 19.5. The van der Waals surface area contributed by atoms with Gasteiger partial charge in [0.05, 0.1) is 41.4 Å². The third-order valence-electron chi connectivity index (χ3n) is 13.9. The van der Waals surface area contributed by atoms with E-state index in [1.807, 2.05) is 43.5 Å². The van der Waals surface area contributed by atoms with Crippen LogP contribution in [0.1, 0.15) is 122 Å². The van der Waals surface area contributed by atoms with E-state index in [1.165, 1.54) is 44.8 Å². The van der Waals surface area contributed by atoms with Crippen molar-refractivity contribution >= 4 is 103 Å². The van der Waals surface area contributed by atoms with Gasteiger partial charge in [0.1, 0.15) is 70.9 Å². The summed E-state index contributed by atoms with van der Waals surface area (Å²) in [4.78, 5) is 119. The molecule has 0 saturated carbocycles. The van der Waals surface area contributed by atoms with Crippen LogP contribution in [0.15, 0.2) is 93.6 Å². The maximum Gasteiger partial charge on any atom is 0.271 e. The maximum absolute atomic E-state index is 15.2. The number of fused-ring (bicyclic) bond motifs is 16. The molecule has 2 aromatic carbocycles. The molecule has 1 saturated heterocycles. The molecule has 11 rings (SSSR count). The van der Waals surface area contributed by atoms with Crippen molar-refractivity contribution in [2.45, 2.75) is 76.3 Å². The predicted molar refractivity (Wildman–Crippen MR) is 309 cm³/mol. The number of amides is 5. The Hall–Kier alpha value is -7.69. The first-order valence-corrected chi connectivity index (χ1v) is 30.4. The van der Waals surface area contributed by atoms with E-state index in [4.69, 9.17) is 36.4 Å². The molecule has 7 atom stereocenters. The second-order valence-corrected chi connectivity index (χ2v) is 25.1. The monoisotopic (exact) mass is 1200 g/mol. The fourth-order valence-electron chi connectivity index (χ4n) is 9.66. The number of carbonyl (C=O) groups is 6. The molecule has 2 aliphatic heterocycles. The molecular weight excluding hydrogens is 1150 g/mol. The SMILES string of the molecule is Cc1ccc(C[C@@H]2NC(=O)c3csc(n3)[C@H]([C@H](O)c3ccccc3)CC(=O)c3nc(sc3C)[C@H](CC(N)=O)NC(=O)c3csc(n3)-c3ccc(-c4nc(C(N)=O)cs4)nc3-c3csc(n3)-c3csc(n3)[C@@H]3[C@@H](C)[C@@H](O)CN3C2=O)cc1. The van der Waals surface area contributed by atoms with Crippen molar-refractivity contribution in [2.75, 3.05) is 6.54 Å². The Bertz CT molecular complexity index is 3890. The summed E-state index contributed by atoms with van der Waals surface area (Å²) in [5.41, 5.74) is 15.8. The fraction of sp³-hybridized carbons (Fsp3) is 0.255. The smallest absolute Gasteiger partial charge is 0.271 e. The standard InChI is InChI=1S/C55H48N12O8S6/c1-24-9-11-27(12-10-24)15-33-55(75)67-18-40(69)25(2)44(67)54-65-38(23-80-54)52-61-34(19-78-52)43-29(13-14-31(58-43)51-62-35(20-79-51)46(57)72)49-63-36(21-76-49)47(73)59-32(17-41(56)70)53-66-42(26(3)81-53)39(68)16-30(45(71)28-7-5-4-6-8-28)50-64-37(22-77-50)48(74)60-33/h4-14,19-23,25,30,32-33,40,44-45,69,71H,15-18H2,1-3H3,(H2,56,70)(H2,57,72)(H,59,73)(H,60,74)/t25-,30-,32-,33-,40-,44-,45+/m0/s1. The first-order chi connectivity index (χ1) is 39.0. The van der Waals surface area contributed by atoms with Crippen molar-refractivity contribution in [3.05, 3.63) is 153 Å². The minimum Gasteiger partial charge on any atom is -0.391 e. The van der Waals surface area contributed by atoms with Crippen LogP contribution in [0.5, 0.6) is 0 Å². The molecule has 7 aromatic heterocycles. The van der Waals surface area contributed by atoms with Crippen molar-refractivity contribution < 1.29 is 39.0 Å². The van der Waals surface area contributed by atoms with Crippen LogP contribution in [0, 0.1) is 19.8 Å². The summed E-state index contributed by atoms with van der Waals surface area (Å²) in [6, 6.07) is 16.9. The summed E-state index contributed by atoms with van der Waals surface area (Å²) in [5.74, 6) is -5.15. The van der Waals surface area contributed by atoms with Crippen LogP contribution in [0.2, 0.25) is 0 Å². The van der Waals surface area contributed by atoms with Crippen LogP contribution < -0.4 is 22.1 Å². The lowest BCUT2D eigenvalue weighted by molar-refractivity contribution is -0.134. The Morgan fingerprint density at radius 2 is 1.32 bits per heavy atom. The van der Waals surface area contributed by atoms with Gasteiger partial charge in [-0.25, -0.2) is 34.9 Å². The predicted octanol–water partition coefficient (Wildman–Crippen LogP) is 7.88. The lowest BCUT2D eigenvalue weighted by Crippen LogP contribution is -2.50.